The summed E-state index contributed by atoms with van der Waals surface area (Å²) >= 11 is 0. The van der Waals surface area contributed by atoms with Gasteiger partial charge in [-0.15, -0.1) is 0 Å². The molecule has 1 saturated heterocycles. The Labute approximate surface area is 195 Å². The summed E-state index contributed by atoms with van der Waals surface area (Å²) in [6.45, 7) is 0.492. The molecule has 0 unspecified atom stereocenters. The van der Waals surface area contributed by atoms with Crippen LogP contribution in [0.5, 0.6) is 17.6 Å². The summed E-state index contributed by atoms with van der Waals surface area (Å²) in [5, 5.41) is 0. The van der Waals surface area contributed by atoms with Gasteiger partial charge in [0, 0.05) is 24.5 Å². The highest BCUT2D eigenvalue weighted by Gasteiger charge is 2.50. The van der Waals surface area contributed by atoms with E-state index in [0.29, 0.717) is 17.3 Å². The van der Waals surface area contributed by atoms with E-state index in [1.807, 2.05) is 0 Å². The molecule has 3 aromatic heterocycles. The van der Waals surface area contributed by atoms with Gasteiger partial charge >= 0.3 is 18.1 Å². The van der Waals surface area contributed by atoms with Gasteiger partial charge in [-0.1, -0.05) is 0 Å². The highest BCUT2D eigenvalue weighted by atomic mass is 19.4. The molecule has 4 heterocycles. The Kier molecular flexibility index (Phi) is 6.30. The lowest BCUT2D eigenvalue weighted by molar-refractivity contribution is -0.141. The number of anilines is 1. The first-order valence-corrected chi connectivity index (χ1v) is 10.1. The van der Waals surface area contributed by atoms with Crippen LogP contribution in [0.3, 0.4) is 0 Å². The molecule has 0 saturated carbocycles. The van der Waals surface area contributed by atoms with Crippen molar-refractivity contribution in [2.45, 2.75) is 25.1 Å². The van der Waals surface area contributed by atoms with Crippen LogP contribution in [0.4, 0.5) is 27.8 Å². The average Bonchev–Trinajstić information content (AvgIpc) is 3.11. The van der Waals surface area contributed by atoms with Crippen molar-refractivity contribution >= 4 is 5.82 Å². The minimum atomic E-state index is -4.73. The number of methoxy groups -OCH3 is 2. The van der Waals surface area contributed by atoms with Gasteiger partial charge in [-0.05, 0) is 13.0 Å². The fourth-order valence-corrected chi connectivity index (χ4v) is 3.49. The molecule has 1 aliphatic rings. The standard InChI is InChI=1S/C21H19F5N6O3/c1-11-29-14(13-8-28-19(34-3)31-18(13)33-2)7-17(30-11)32-9-16(20(22,23)10-32)35-12-4-5-27-15(6-12)21(24,25)26/h4-8,16H,9-10H2,1-3H3/t16-/m0/s1. The van der Waals surface area contributed by atoms with E-state index in [2.05, 4.69) is 24.9 Å². The normalized spacial score (nSPS) is 17.4. The van der Waals surface area contributed by atoms with Crippen molar-refractivity contribution in [1.29, 1.82) is 0 Å². The molecule has 0 aromatic carbocycles. The molecule has 0 radical (unpaired) electrons. The zero-order valence-electron chi connectivity index (χ0n) is 18.7. The van der Waals surface area contributed by atoms with Gasteiger partial charge in [0.2, 0.25) is 5.88 Å². The van der Waals surface area contributed by atoms with Gasteiger partial charge < -0.3 is 19.1 Å². The van der Waals surface area contributed by atoms with Crippen LogP contribution in [0.1, 0.15) is 11.5 Å². The Morgan fingerprint density at radius 3 is 2.51 bits per heavy atom. The molecule has 1 atom stereocenters. The van der Waals surface area contributed by atoms with Gasteiger partial charge in [0.1, 0.15) is 23.1 Å². The minimum absolute atomic E-state index is 0.0700. The first-order chi connectivity index (χ1) is 16.5. The van der Waals surface area contributed by atoms with Gasteiger partial charge in [-0.25, -0.2) is 23.7 Å². The monoisotopic (exact) mass is 498 g/mol. The molecule has 4 rings (SSSR count). The second-order valence-electron chi connectivity index (χ2n) is 7.56. The van der Waals surface area contributed by atoms with E-state index in [4.69, 9.17) is 14.2 Å². The first kappa shape index (κ1) is 24.3. The van der Waals surface area contributed by atoms with Gasteiger partial charge in [0.05, 0.1) is 38.6 Å². The maximum Gasteiger partial charge on any atom is 0.433 e. The summed E-state index contributed by atoms with van der Waals surface area (Å²) in [5.74, 6) is -3.12. The van der Waals surface area contributed by atoms with Gasteiger partial charge in [0.25, 0.3) is 0 Å². The topological polar surface area (TPSA) is 95.4 Å². The van der Waals surface area contributed by atoms with E-state index in [0.717, 1.165) is 12.3 Å². The van der Waals surface area contributed by atoms with Crippen molar-refractivity contribution in [2.75, 3.05) is 32.2 Å². The van der Waals surface area contributed by atoms with E-state index in [-0.39, 0.29) is 35.8 Å². The number of alkyl halides is 5. The van der Waals surface area contributed by atoms with E-state index in [9.17, 15) is 22.0 Å². The van der Waals surface area contributed by atoms with Crippen molar-refractivity contribution in [3.05, 3.63) is 42.1 Å². The first-order valence-electron chi connectivity index (χ1n) is 10.1. The molecule has 14 heteroatoms. The molecule has 1 aliphatic heterocycles. The van der Waals surface area contributed by atoms with Crippen LogP contribution in [0.2, 0.25) is 0 Å². The molecule has 1 fully saturated rings. The Bertz CT molecular complexity index is 1230. The summed E-state index contributed by atoms with van der Waals surface area (Å²) in [4.78, 5) is 21.2. The summed E-state index contributed by atoms with van der Waals surface area (Å²) in [7, 11) is 2.79. The van der Waals surface area contributed by atoms with Crippen molar-refractivity contribution in [3.63, 3.8) is 0 Å². The molecule has 9 nitrogen and oxygen atoms in total. The minimum Gasteiger partial charge on any atom is -0.482 e. The van der Waals surface area contributed by atoms with Gasteiger partial charge in [0.15, 0.2) is 6.10 Å². The molecular weight excluding hydrogens is 479 g/mol. The van der Waals surface area contributed by atoms with Crippen molar-refractivity contribution in [2.24, 2.45) is 0 Å². The van der Waals surface area contributed by atoms with Crippen LogP contribution in [-0.2, 0) is 6.18 Å². The zero-order chi connectivity index (χ0) is 25.4. The third kappa shape index (κ3) is 5.15. The van der Waals surface area contributed by atoms with Crippen LogP contribution >= 0.6 is 0 Å². The van der Waals surface area contributed by atoms with Crippen LogP contribution < -0.4 is 19.1 Å². The van der Waals surface area contributed by atoms with E-state index < -0.39 is 30.4 Å². The number of hydrogen-bond donors (Lipinski definition) is 0. The second kappa shape index (κ2) is 9.07. The molecule has 186 valence electrons. The molecule has 3 aromatic rings. The third-order valence-electron chi connectivity index (χ3n) is 5.09. The maximum atomic E-state index is 14.8. The molecule has 35 heavy (non-hydrogen) atoms. The maximum absolute atomic E-state index is 14.8. The highest BCUT2D eigenvalue weighted by Crippen LogP contribution is 2.36. The predicted octanol–water partition coefficient (Wildman–Crippen LogP) is 3.58. The van der Waals surface area contributed by atoms with Crippen LogP contribution in [0, 0.1) is 6.92 Å². The number of aryl methyl sites for hydroxylation is 1. The Hall–Kier alpha value is -3.84. The number of aromatic nitrogens is 5. The van der Waals surface area contributed by atoms with Crippen molar-refractivity contribution in [1.82, 2.24) is 24.9 Å². The fraction of sp³-hybridized carbons (Fsp3) is 0.381. The zero-order valence-corrected chi connectivity index (χ0v) is 18.7. The van der Waals surface area contributed by atoms with E-state index in [1.54, 1.807) is 6.92 Å². The number of pyridine rings is 1. The van der Waals surface area contributed by atoms with Crippen LogP contribution in [0.25, 0.3) is 11.3 Å². The predicted molar refractivity (Wildman–Crippen MR) is 112 cm³/mol. The number of halogens is 5. The number of ether oxygens (including phenoxy) is 3. The fourth-order valence-electron chi connectivity index (χ4n) is 3.49. The molecule has 0 N–H and O–H groups in total. The van der Waals surface area contributed by atoms with Crippen LogP contribution in [-0.4, -0.2) is 64.3 Å². The molecule has 0 aliphatic carbocycles. The quantitative estimate of drug-likeness (QED) is 0.473. The lowest BCUT2D eigenvalue weighted by Crippen LogP contribution is -2.36. The summed E-state index contributed by atoms with van der Waals surface area (Å²) in [6.07, 6.45) is -4.18. The van der Waals surface area contributed by atoms with E-state index >= 15 is 0 Å². The van der Waals surface area contributed by atoms with Crippen molar-refractivity contribution in [3.8, 4) is 28.9 Å². The van der Waals surface area contributed by atoms with Gasteiger partial charge in [-0.3, -0.25) is 4.98 Å². The highest BCUT2D eigenvalue weighted by molar-refractivity contribution is 5.67. The summed E-state index contributed by atoms with van der Waals surface area (Å²) in [6, 6.07) is 3.21. The Morgan fingerprint density at radius 2 is 1.83 bits per heavy atom. The third-order valence-corrected chi connectivity index (χ3v) is 5.09. The molecule has 0 bridgehead atoms. The number of rotatable bonds is 6. The lowest BCUT2D eigenvalue weighted by atomic mass is 10.2. The smallest absolute Gasteiger partial charge is 0.433 e. The van der Waals surface area contributed by atoms with Crippen molar-refractivity contribution < 1.29 is 36.2 Å². The number of hydrogen-bond acceptors (Lipinski definition) is 9. The lowest BCUT2D eigenvalue weighted by Gasteiger charge is -2.19. The molecule has 0 amide bonds. The number of nitrogens with zero attached hydrogens (tertiary/aromatic N) is 6. The SMILES string of the molecule is COc1ncc(-c2cc(N3C[C@H](Oc4ccnc(C(F)(F)F)c4)C(F)(F)C3)nc(C)n2)c(OC)n1. The van der Waals surface area contributed by atoms with E-state index in [1.165, 1.54) is 31.4 Å². The second-order valence-corrected chi connectivity index (χ2v) is 7.56. The summed E-state index contributed by atoms with van der Waals surface area (Å²) in [5.41, 5.74) is -0.529. The van der Waals surface area contributed by atoms with Gasteiger partial charge in [-0.2, -0.15) is 18.2 Å². The largest absolute Gasteiger partial charge is 0.482 e. The summed E-state index contributed by atoms with van der Waals surface area (Å²) < 4.78 is 83.8. The van der Waals surface area contributed by atoms with Crippen LogP contribution in [0.15, 0.2) is 30.6 Å². The molecular formula is C21H19F5N6O3. The molecule has 0 spiro atoms. The Balaban J connectivity index is 1.61. The average molecular weight is 498 g/mol. The Morgan fingerprint density at radius 1 is 1.06 bits per heavy atom.